The Morgan fingerprint density at radius 1 is 1.24 bits per heavy atom. The highest BCUT2D eigenvalue weighted by atomic mass is 32.2. The molecule has 2 rings (SSSR count). The highest BCUT2D eigenvalue weighted by Crippen LogP contribution is 2.27. The number of nitrogens with zero attached hydrogens (tertiary/aromatic N) is 1. The lowest BCUT2D eigenvalue weighted by Crippen LogP contribution is -2.30. The summed E-state index contributed by atoms with van der Waals surface area (Å²) in [5.74, 6) is 0. The molecule has 2 aromatic rings. The lowest BCUT2D eigenvalue weighted by atomic mass is 10.1. The number of anilines is 1. The minimum absolute atomic E-state index is 0.198. The molecule has 0 atom stereocenters. The second-order valence-electron chi connectivity index (χ2n) is 4.98. The number of thiophene rings is 1. The van der Waals surface area contributed by atoms with Gasteiger partial charge in [-0.25, -0.2) is 8.42 Å². The molecule has 0 aliphatic carbocycles. The monoisotopic (exact) mass is 324 g/mol. The van der Waals surface area contributed by atoms with Crippen LogP contribution in [0.15, 0.2) is 34.5 Å². The zero-order valence-electron chi connectivity index (χ0n) is 12.5. The minimum Gasteiger partial charge on any atom is -0.398 e. The maximum absolute atomic E-state index is 12.8. The van der Waals surface area contributed by atoms with Crippen molar-refractivity contribution in [3.8, 4) is 0 Å². The van der Waals surface area contributed by atoms with E-state index in [1.54, 1.807) is 23.5 Å². The number of nitrogen functional groups attached to an aromatic ring is 1. The smallest absolute Gasteiger partial charge is 0.245 e. The van der Waals surface area contributed by atoms with E-state index in [-0.39, 0.29) is 4.90 Å². The van der Waals surface area contributed by atoms with Crippen molar-refractivity contribution in [1.82, 2.24) is 4.31 Å². The van der Waals surface area contributed by atoms with E-state index >= 15 is 0 Å². The van der Waals surface area contributed by atoms with Crippen molar-refractivity contribution in [2.45, 2.75) is 32.2 Å². The number of rotatable bonds is 5. The van der Waals surface area contributed by atoms with Crippen LogP contribution < -0.4 is 5.73 Å². The van der Waals surface area contributed by atoms with Crippen LogP contribution in [0.3, 0.4) is 0 Å². The third-order valence-electron chi connectivity index (χ3n) is 3.51. The molecule has 1 aromatic carbocycles. The van der Waals surface area contributed by atoms with Crippen LogP contribution in [0, 0.1) is 13.8 Å². The van der Waals surface area contributed by atoms with E-state index in [1.165, 1.54) is 4.31 Å². The maximum Gasteiger partial charge on any atom is 0.245 e. The molecule has 0 saturated heterocycles. The molecule has 0 aliphatic rings. The molecule has 0 saturated carbocycles. The van der Waals surface area contributed by atoms with E-state index < -0.39 is 10.0 Å². The Morgan fingerprint density at radius 3 is 2.48 bits per heavy atom. The molecule has 0 bridgehead atoms. The van der Waals surface area contributed by atoms with Gasteiger partial charge in [0.2, 0.25) is 10.0 Å². The van der Waals surface area contributed by atoms with Crippen molar-refractivity contribution in [2.24, 2.45) is 0 Å². The van der Waals surface area contributed by atoms with Crippen LogP contribution in [0.4, 0.5) is 5.69 Å². The van der Waals surface area contributed by atoms with Gasteiger partial charge in [-0.2, -0.15) is 4.31 Å². The third kappa shape index (κ3) is 3.28. The van der Waals surface area contributed by atoms with Gasteiger partial charge in [-0.1, -0.05) is 13.0 Å². The topological polar surface area (TPSA) is 63.4 Å². The van der Waals surface area contributed by atoms with Gasteiger partial charge in [0.15, 0.2) is 0 Å². The Morgan fingerprint density at radius 2 is 1.90 bits per heavy atom. The number of benzene rings is 1. The van der Waals surface area contributed by atoms with Gasteiger partial charge in [0.25, 0.3) is 0 Å². The van der Waals surface area contributed by atoms with E-state index in [1.807, 2.05) is 38.3 Å². The van der Waals surface area contributed by atoms with Crippen LogP contribution in [0.1, 0.15) is 22.9 Å². The summed E-state index contributed by atoms with van der Waals surface area (Å²) in [6.45, 7) is 6.44. The van der Waals surface area contributed by atoms with E-state index in [9.17, 15) is 8.42 Å². The number of aryl methyl sites for hydroxylation is 2. The zero-order chi connectivity index (χ0) is 15.6. The van der Waals surface area contributed by atoms with E-state index in [2.05, 4.69) is 0 Å². The first-order valence-electron chi connectivity index (χ1n) is 6.75. The first kappa shape index (κ1) is 16.0. The Kier molecular flexibility index (Phi) is 4.70. The molecule has 6 heteroatoms. The second kappa shape index (κ2) is 6.17. The standard InChI is InChI=1S/C15H20N2O2S2/c1-4-17(10-13-6-5-7-20-13)21(18,19)15-9-12(3)11(2)8-14(15)16/h5-9H,4,10,16H2,1-3H3. The van der Waals surface area contributed by atoms with Gasteiger partial charge in [0, 0.05) is 18.0 Å². The third-order valence-corrected chi connectivity index (χ3v) is 6.35. The molecule has 0 unspecified atom stereocenters. The fourth-order valence-corrected chi connectivity index (χ4v) is 4.53. The molecule has 0 fully saturated rings. The Labute approximate surface area is 130 Å². The van der Waals surface area contributed by atoms with Gasteiger partial charge in [0.05, 0.1) is 5.69 Å². The molecule has 0 amide bonds. The first-order chi connectivity index (χ1) is 9.86. The summed E-state index contributed by atoms with van der Waals surface area (Å²) >= 11 is 1.55. The fraction of sp³-hybridized carbons (Fsp3) is 0.333. The summed E-state index contributed by atoms with van der Waals surface area (Å²) < 4.78 is 27.1. The molecule has 0 spiro atoms. The van der Waals surface area contributed by atoms with E-state index in [0.29, 0.717) is 18.8 Å². The Hall–Kier alpha value is -1.37. The molecule has 1 aromatic heterocycles. The number of sulfonamides is 1. The summed E-state index contributed by atoms with van der Waals surface area (Å²) in [7, 11) is -3.58. The average Bonchev–Trinajstić information content (AvgIpc) is 2.92. The molecular weight excluding hydrogens is 304 g/mol. The molecule has 2 N–H and O–H groups in total. The van der Waals surface area contributed by atoms with Gasteiger partial charge in [-0.05, 0) is 48.6 Å². The van der Waals surface area contributed by atoms with Gasteiger partial charge < -0.3 is 5.73 Å². The molecule has 114 valence electrons. The predicted molar refractivity (Wildman–Crippen MR) is 87.9 cm³/mol. The average molecular weight is 324 g/mol. The summed E-state index contributed by atoms with van der Waals surface area (Å²) in [5, 5.41) is 1.94. The number of hydrogen-bond acceptors (Lipinski definition) is 4. The molecule has 1 heterocycles. The molecule has 0 aliphatic heterocycles. The molecule has 0 radical (unpaired) electrons. The molecule has 4 nitrogen and oxygen atoms in total. The summed E-state index contributed by atoms with van der Waals surface area (Å²) in [6.07, 6.45) is 0. The van der Waals surface area contributed by atoms with Gasteiger partial charge in [-0.15, -0.1) is 11.3 Å². The lowest BCUT2D eigenvalue weighted by Gasteiger charge is -2.21. The van der Waals surface area contributed by atoms with Crippen LogP contribution in [0.5, 0.6) is 0 Å². The molecule has 21 heavy (non-hydrogen) atoms. The molecular formula is C15H20N2O2S2. The van der Waals surface area contributed by atoms with Crippen molar-refractivity contribution in [1.29, 1.82) is 0 Å². The van der Waals surface area contributed by atoms with Crippen molar-refractivity contribution in [3.05, 3.63) is 45.6 Å². The first-order valence-corrected chi connectivity index (χ1v) is 9.07. The van der Waals surface area contributed by atoms with Gasteiger partial charge >= 0.3 is 0 Å². The Bertz CT molecular complexity index is 722. The van der Waals surface area contributed by atoms with Crippen LogP contribution in [0.2, 0.25) is 0 Å². The summed E-state index contributed by atoms with van der Waals surface area (Å²) in [4.78, 5) is 1.21. The van der Waals surface area contributed by atoms with Crippen molar-refractivity contribution in [3.63, 3.8) is 0 Å². The highest BCUT2D eigenvalue weighted by Gasteiger charge is 2.26. The summed E-state index contributed by atoms with van der Waals surface area (Å²) in [5.41, 5.74) is 8.17. The number of hydrogen-bond donors (Lipinski definition) is 1. The fourth-order valence-electron chi connectivity index (χ4n) is 2.12. The van der Waals surface area contributed by atoms with Crippen molar-refractivity contribution in [2.75, 3.05) is 12.3 Å². The Balaban J connectivity index is 2.42. The quantitative estimate of drug-likeness (QED) is 0.859. The van der Waals surface area contributed by atoms with E-state index in [4.69, 9.17) is 5.73 Å². The van der Waals surface area contributed by atoms with Gasteiger partial charge in [-0.3, -0.25) is 0 Å². The predicted octanol–water partition coefficient (Wildman–Crippen LogP) is 3.16. The highest BCUT2D eigenvalue weighted by molar-refractivity contribution is 7.89. The summed E-state index contributed by atoms with van der Waals surface area (Å²) in [6, 6.07) is 7.25. The van der Waals surface area contributed by atoms with Crippen molar-refractivity contribution < 1.29 is 8.42 Å². The van der Waals surface area contributed by atoms with Crippen LogP contribution in [-0.4, -0.2) is 19.3 Å². The zero-order valence-corrected chi connectivity index (χ0v) is 14.1. The van der Waals surface area contributed by atoms with Gasteiger partial charge in [0.1, 0.15) is 4.90 Å². The van der Waals surface area contributed by atoms with Crippen LogP contribution in [0.25, 0.3) is 0 Å². The maximum atomic E-state index is 12.8. The SMILES string of the molecule is CCN(Cc1cccs1)S(=O)(=O)c1cc(C)c(C)cc1N. The van der Waals surface area contributed by atoms with Crippen molar-refractivity contribution >= 4 is 27.0 Å². The normalized spacial score (nSPS) is 12.0. The lowest BCUT2D eigenvalue weighted by molar-refractivity contribution is 0.426. The minimum atomic E-state index is -3.58. The second-order valence-corrected chi connectivity index (χ2v) is 7.92. The largest absolute Gasteiger partial charge is 0.398 e. The number of nitrogens with two attached hydrogens (primary N) is 1. The van der Waals surface area contributed by atoms with Crippen LogP contribution >= 0.6 is 11.3 Å². The van der Waals surface area contributed by atoms with Crippen LogP contribution in [-0.2, 0) is 16.6 Å². The van der Waals surface area contributed by atoms with E-state index in [0.717, 1.165) is 16.0 Å².